The van der Waals surface area contributed by atoms with E-state index in [1.54, 1.807) is 6.07 Å². The van der Waals surface area contributed by atoms with Gasteiger partial charge in [-0.3, -0.25) is 4.79 Å². The number of hydrogen-bond donors (Lipinski definition) is 1. The molecule has 0 saturated heterocycles. The molecule has 3 heteroatoms. The lowest BCUT2D eigenvalue weighted by atomic mass is 9.78. The van der Waals surface area contributed by atoms with E-state index in [0.717, 1.165) is 16.7 Å². The molecule has 0 saturated carbocycles. The number of hydrogen-bond acceptors (Lipinski definition) is 3. The van der Waals surface area contributed by atoms with Crippen molar-refractivity contribution in [3.05, 3.63) is 64.2 Å². The molecule has 0 bridgehead atoms. The zero-order valence-electron chi connectivity index (χ0n) is 17.0. The maximum atomic E-state index is 12.9. The molecule has 1 heterocycles. The average Bonchev–Trinajstić information content (AvgIpc) is 2.57. The largest absolute Gasteiger partial charge is 0.507 e. The summed E-state index contributed by atoms with van der Waals surface area (Å²) in [5, 5.41) is 10.9. The fraction of sp³-hybridized carbons (Fsp3) is 0.375. The number of phenolic OH excluding ortho intramolecular Hbond substituents is 1. The van der Waals surface area contributed by atoms with Crippen LogP contribution in [0, 0.1) is 0 Å². The van der Waals surface area contributed by atoms with Crippen molar-refractivity contribution < 1.29 is 14.6 Å². The monoisotopic (exact) mass is 364 g/mol. The second-order valence-electron chi connectivity index (χ2n) is 9.25. The summed E-state index contributed by atoms with van der Waals surface area (Å²) in [7, 11) is 0. The molecule has 1 aliphatic heterocycles. The lowest BCUT2D eigenvalue weighted by Crippen LogP contribution is -2.19. The van der Waals surface area contributed by atoms with Gasteiger partial charge in [0.1, 0.15) is 18.1 Å². The van der Waals surface area contributed by atoms with Gasteiger partial charge >= 0.3 is 0 Å². The molecule has 0 aromatic heterocycles. The van der Waals surface area contributed by atoms with Gasteiger partial charge in [0.15, 0.2) is 5.78 Å². The first-order valence-electron chi connectivity index (χ1n) is 9.33. The molecule has 0 spiro atoms. The number of carbonyl (C=O) groups excluding carboxylic acids is 1. The number of Topliss-reactive ketones (excluding diaryl/α,β-unsaturated/α-hetero) is 1. The van der Waals surface area contributed by atoms with Gasteiger partial charge in [-0.1, -0.05) is 53.7 Å². The lowest BCUT2D eigenvalue weighted by Gasteiger charge is -2.28. The van der Waals surface area contributed by atoms with Crippen LogP contribution in [-0.4, -0.2) is 17.5 Å². The highest BCUT2D eigenvalue weighted by Crippen LogP contribution is 2.40. The second kappa shape index (κ2) is 6.56. The van der Waals surface area contributed by atoms with E-state index in [2.05, 4.69) is 41.5 Å². The van der Waals surface area contributed by atoms with E-state index in [1.807, 2.05) is 36.4 Å². The van der Waals surface area contributed by atoms with Gasteiger partial charge in [0, 0.05) is 16.7 Å². The second-order valence-corrected chi connectivity index (χ2v) is 9.25. The zero-order valence-corrected chi connectivity index (χ0v) is 17.0. The van der Waals surface area contributed by atoms with Crippen LogP contribution in [0.15, 0.2) is 42.0 Å². The molecule has 0 amide bonds. The first-order chi connectivity index (χ1) is 12.5. The van der Waals surface area contributed by atoms with Crippen LogP contribution in [0.4, 0.5) is 0 Å². The summed E-state index contributed by atoms with van der Waals surface area (Å²) in [6.45, 7) is 12.7. The van der Waals surface area contributed by atoms with Crippen LogP contribution < -0.4 is 4.74 Å². The molecule has 0 fully saturated rings. The van der Waals surface area contributed by atoms with E-state index in [9.17, 15) is 9.90 Å². The molecule has 0 radical (unpaired) electrons. The van der Waals surface area contributed by atoms with Crippen LogP contribution in [0.5, 0.6) is 11.5 Å². The minimum Gasteiger partial charge on any atom is -0.507 e. The summed E-state index contributed by atoms with van der Waals surface area (Å²) < 4.78 is 5.76. The molecule has 27 heavy (non-hydrogen) atoms. The van der Waals surface area contributed by atoms with Crippen molar-refractivity contribution in [3.63, 3.8) is 0 Å². The number of fused-ring (bicyclic) bond motifs is 1. The average molecular weight is 364 g/mol. The number of para-hydroxylation sites is 1. The van der Waals surface area contributed by atoms with E-state index in [-0.39, 0.29) is 23.2 Å². The molecule has 1 aliphatic rings. The standard InChI is InChI=1S/C24H28O3/c1-23(2,3)18-12-15(13-19(22(18)26)24(4,5)6)11-16-14-27-20-10-8-7-9-17(20)21(16)25/h7-13,26H,14H2,1-6H3/b16-11+. The first kappa shape index (κ1) is 19.2. The Labute approximate surface area is 161 Å². The third kappa shape index (κ3) is 3.78. The number of ketones is 1. The van der Waals surface area contributed by atoms with Crippen molar-refractivity contribution in [2.75, 3.05) is 6.61 Å². The van der Waals surface area contributed by atoms with Gasteiger partial charge in [0.2, 0.25) is 0 Å². The van der Waals surface area contributed by atoms with Crippen molar-refractivity contribution in [1.29, 1.82) is 0 Å². The molecular weight excluding hydrogens is 336 g/mol. The van der Waals surface area contributed by atoms with Crippen LogP contribution in [0.25, 0.3) is 6.08 Å². The van der Waals surface area contributed by atoms with Crippen molar-refractivity contribution in [3.8, 4) is 11.5 Å². The van der Waals surface area contributed by atoms with E-state index < -0.39 is 0 Å². The Balaban J connectivity index is 2.13. The van der Waals surface area contributed by atoms with E-state index >= 15 is 0 Å². The van der Waals surface area contributed by atoms with Crippen molar-refractivity contribution in [2.24, 2.45) is 0 Å². The van der Waals surface area contributed by atoms with Crippen molar-refractivity contribution >= 4 is 11.9 Å². The number of rotatable bonds is 1. The molecule has 0 aliphatic carbocycles. The third-order valence-electron chi connectivity index (χ3n) is 4.90. The summed E-state index contributed by atoms with van der Waals surface area (Å²) in [6.07, 6.45) is 1.89. The Bertz CT molecular complexity index is 886. The number of benzene rings is 2. The zero-order chi connectivity index (χ0) is 20.0. The smallest absolute Gasteiger partial charge is 0.196 e. The summed E-state index contributed by atoms with van der Waals surface area (Å²) >= 11 is 0. The summed E-state index contributed by atoms with van der Waals surface area (Å²) in [5.41, 5.74) is 3.47. The van der Waals surface area contributed by atoms with Gasteiger partial charge in [-0.2, -0.15) is 0 Å². The van der Waals surface area contributed by atoms with E-state index in [4.69, 9.17) is 4.74 Å². The molecule has 3 rings (SSSR count). The quantitative estimate of drug-likeness (QED) is 0.666. The van der Waals surface area contributed by atoms with Gasteiger partial charge in [-0.05, 0) is 46.7 Å². The topological polar surface area (TPSA) is 46.5 Å². The van der Waals surface area contributed by atoms with Crippen LogP contribution in [0.3, 0.4) is 0 Å². The Morgan fingerprint density at radius 2 is 1.52 bits per heavy atom. The van der Waals surface area contributed by atoms with Crippen LogP contribution in [-0.2, 0) is 10.8 Å². The first-order valence-corrected chi connectivity index (χ1v) is 9.33. The minimum atomic E-state index is -0.210. The highest BCUT2D eigenvalue weighted by molar-refractivity contribution is 6.14. The molecule has 2 aromatic carbocycles. The number of carbonyl (C=O) groups is 1. The van der Waals surface area contributed by atoms with Crippen molar-refractivity contribution in [2.45, 2.75) is 52.4 Å². The van der Waals surface area contributed by atoms with Gasteiger partial charge < -0.3 is 9.84 Å². The van der Waals surface area contributed by atoms with Crippen LogP contribution in [0.1, 0.15) is 68.6 Å². The fourth-order valence-electron chi connectivity index (χ4n) is 3.37. The van der Waals surface area contributed by atoms with Gasteiger partial charge in [0.25, 0.3) is 0 Å². The Hall–Kier alpha value is -2.55. The van der Waals surface area contributed by atoms with E-state index in [1.165, 1.54) is 0 Å². The number of aromatic hydroxyl groups is 1. The Morgan fingerprint density at radius 1 is 0.963 bits per heavy atom. The molecule has 2 aromatic rings. The SMILES string of the molecule is CC(C)(C)c1cc(/C=C2\COc3ccccc3C2=O)cc(C(C)(C)C)c1O. The van der Waals surface area contributed by atoms with E-state index in [0.29, 0.717) is 22.6 Å². The highest BCUT2D eigenvalue weighted by Gasteiger charge is 2.27. The molecule has 0 atom stereocenters. The Morgan fingerprint density at radius 3 is 2.07 bits per heavy atom. The Kier molecular flexibility index (Phi) is 4.67. The maximum absolute atomic E-state index is 12.9. The molecule has 3 nitrogen and oxygen atoms in total. The third-order valence-corrected chi connectivity index (χ3v) is 4.90. The predicted molar refractivity (Wildman–Crippen MR) is 110 cm³/mol. The molecule has 1 N–H and O–H groups in total. The van der Waals surface area contributed by atoms with Crippen LogP contribution >= 0.6 is 0 Å². The van der Waals surface area contributed by atoms with Gasteiger partial charge in [-0.25, -0.2) is 0 Å². The molecule has 142 valence electrons. The van der Waals surface area contributed by atoms with Gasteiger partial charge in [0.05, 0.1) is 5.56 Å². The van der Waals surface area contributed by atoms with Crippen LogP contribution in [0.2, 0.25) is 0 Å². The highest BCUT2D eigenvalue weighted by atomic mass is 16.5. The number of ether oxygens (including phenoxy) is 1. The summed E-state index contributed by atoms with van der Waals surface area (Å²) in [6, 6.07) is 11.3. The fourth-order valence-corrected chi connectivity index (χ4v) is 3.37. The molecular formula is C24H28O3. The van der Waals surface area contributed by atoms with Gasteiger partial charge in [-0.15, -0.1) is 0 Å². The normalized spacial score (nSPS) is 16.2. The predicted octanol–water partition coefficient (Wildman–Crippen LogP) is 5.65. The summed E-state index contributed by atoms with van der Waals surface area (Å²) in [4.78, 5) is 12.9. The minimum absolute atomic E-state index is 0.000424. The maximum Gasteiger partial charge on any atom is 0.196 e. The van der Waals surface area contributed by atoms with Crippen molar-refractivity contribution in [1.82, 2.24) is 0 Å². The molecule has 0 unspecified atom stereocenters. The lowest BCUT2D eigenvalue weighted by molar-refractivity contribution is 0.100. The summed E-state index contributed by atoms with van der Waals surface area (Å²) in [5.74, 6) is 0.976. The number of phenols is 1.